The molecule has 3 heteroatoms. The second kappa shape index (κ2) is 4.61. The Balaban J connectivity index is 2.03. The summed E-state index contributed by atoms with van der Waals surface area (Å²) in [5.74, 6) is 0.951. The second-order valence-electron chi connectivity index (χ2n) is 4.41. The maximum absolute atomic E-state index is 5.76. The highest BCUT2D eigenvalue weighted by Gasteiger charge is 2.16. The van der Waals surface area contributed by atoms with Gasteiger partial charge in [0.1, 0.15) is 5.75 Å². The molecule has 1 aliphatic rings. The summed E-state index contributed by atoms with van der Waals surface area (Å²) in [6.07, 6.45) is 1.01. The van der Waals surface area contributed by atoms with E-state index in [1.54, 1.807) is 0 Å². The van der Waals surface area contributed by atoms with Crippen LogP contribution in [0.15, 0.2) is 48.5 Å². The van der Waals surface area contributed by atoms with Crippen LogP contribution in [0.25, 0.3) is 0 Å². The van der Waals surface area contributed by atoms with Gasteiger partial charge < -0.3 is 15.4 Å². The minimum absolute atomic E-state index is 0.766. The predicted octanol–water partition coefficient (Wildman–Crippen LogP) is 3.19. The zero-order chi connectivity index (χ0) is 12.4. The Morgan fingerprint density at radius 3 is 2.61 bits per heavy atom. The molecule has 2 N–H and O–H groups in total. The van der Waals surface area contributed by atoms with Crippen molar-refractivity contribution in [3.63, 3.8) is 0 Å². The van der Waals surface area contributed by atoms with Crippen LogP contribution < -0.4 is 15.4 Å². The van der Waals surface area contributed by atoms with Crippen molar-refractivity contribution in [3.8, 4) is 5.75 Å². The lowest BCUT2D eigenvalue weighted by atomic mass is 10.2. The van der Waals surface area contributed by atoms with E-state index in [0.29, 0.717) is 0 Å². The maximum Gasteiger partial charge on any atom is 0.142 e. The Hall–Kier alpha value is -2.16. The van der Waals surface area contributed by atoms with Gasteiger partial charge in [0.05, 0.1) is 12.3 Å². The Bertz CT molecular complexity index is 536. The van der Waals surface area contributed by atoms with Crippen molar-refractivity contribution in [1.29, 1.82) is 0 Å². The lowest BCUT2D eigenvalue weighted by Gasteiger charge is -2.23. The minimum Gasteiger partial charge on any atom is -0.491 e. The standard InChI is InChI=1S/C15H16N2O/c16-12-6-8-13(9-7-12)17-10-3-11-18-15-5-2-1-4-14(15)17/h1-2,4-9H,3,10-11,16H2. The first-order valence-electron chi connectivity index (χ1n) is 6.19. The van der Waals surface area contributed by atoms with Gasteiger partial charge in [-0.1, -0.05) is 12.1 Å². The summed E-state index contributed by atoms with van der Waals surface area (Å²) < 4.78 is 5.76. The number of nitrogen functional groups attached to an aromatic ring is 1. The van der Waals surface area contributed by atoms with Crippen molar-refractivity contribution in [2.24, 2.45) is 0 Å². The molecule has 3 rings (SSSR count). The van der Waals surface area contributed by atoms with Crippen molar-refractivity contribution in [1.82, 2.24) is 0 Å². The summed E-state index contributed by atoms with van der Waals surface area (Å²) in [5, 5.41) is 0. The molecule has 0 aliphatic carbocycles. The van der Waals surface area contributed by atoms with Crippen LogP contribution in [-0.2, 0) is 0 Å². The Morgan fingerprint density at radius 2 is 1.78 bits per heavy atom. The molecule has 92 valence electrons. The first-order chi connectivity index (χ1) is 8.84. The number of para-hydroxylation sites is 2. The monoisotopic (exact) mass is 240 g/mol. The van der Waals surface area contributed by atoms with Crippen LogP contribution in [0.5, 0.6) is 5.75 Å². The zero-order valence-electron chi connectivity index (χ0n) is 10.2. The van der Waals surface area contributed by atoms with Crippen LogP contribution in [0.3, 0.4) is 0 Å². The summed E-state index contributed by atoms with van der Waals surface area (Å²) in [4.78, 5) is 2.28. The molecule has 3 nitrogen and oxygen atoms in total. The molecule has 0 unspecified atom stereocenters. The molecule has 0 amide bonds. The van der Waals surface area contributed by atoms with E-state index in [0.717, 1.165) is 42.4 Å². The average Bonchev–Trinajstić information content (AvgIpc) is 2.62. The van der Waals surface area contributed by atoms with Crippen molar-refractivity contribution in [2.45, 2.75) is 6.42 Å². The van der Waals surface area contributed by atoms with E-state index >= 15 is 0 Å². The van der Waals surface area contributed by atoms with Gasteiger partial charge in [-0.3, -0.25) is 0 Å². The molecule has 0 radical (unpaired) electrons. The molecule has 0 spiro atoms. The van der Waals surface area contributed by atoms with Gasteiger partial charge in [-0.05, 0) is 42.8 Å². The van der Waals surface area contributed by atoms with E-state index in [1.807, 2.05) is 30.3 Å². The molecule has 1 aliphatic heterocycles. The number of ether oxygens (including phenoxy) is 1. The van der Waals surface area contributed by atoms with E-state index in [1.165, 1.54) is 0 Å². The van der Waals surface area contributed by atoms with Gasteiger partial charge >= 0.3 is 0 Å². The summed E-state index contributed by atoms with van der Waals surface area (Å²) >= 11 is 0. The molecule has 2 aromatic carbocycles. The third-order valence-electron chi connectivity index (χ3n) is 3.14. The van der Waals surface area contributed by atoms with Crippen molar-refractivity contribution in [3.05, 3.63) is 48.5 Å². The van der Waals surface area contributed by atoms with E-state index in [4.69, 9.17) is 10.5 Å². The first kappa shape index (κ1) is 11.0. The van der Waals surface area contributed by atoms with E-state index in [2.05, 4.69) is 23.1 Å². The Morgan fingerprint density at radius 1 is 1.00 bits per heavy atom. The van der Waals surface area contributed by atoms with Crippen molar-refractivity contribution >= 4 is 17.1 Å². The molecular formula is C15H16N2O. The lowest BCUT2D eigenvalue weighted by Crippen LogP contribution is -2.17. The molecule has 0 saturated carbocycles. The average molecular weight is 240 g/mol. The summed E-state index contributed by atoms with van der Waals surface area (Å²) in [6.45, 7) is 1.73. The van der Waals surface area contributed by atoms with Crippen LogP contribution in [0.1, 0.15) is 6.42 Å². The van der Waals surface area contributed by atoms with Gasteiger partial charge in [-0.25, -0.2) is 0 Å². The number of hydrogen-bond donors (Lipinski definition) is 1. The number of rotatable bonds is 1. The number of benzene rings is 2. The summed E-state index contributed by atoms with van der Waals surface area (Å²) in [6, 6.07) is 16.1. The highest BCUT2D eigenvalue weighted by molar-refractivity contribution is 5.70. The molecular weight excluding hydrogens is 224 g/mol. The fraction of sp³-hybridized carbons (Fsp3) is 0.200. The molecule has 0 saturated heterocycles. The lowest BCUT2D eigenvalue weighted by molar-refractivity contribution is 0.322. The van der Waals surface area contributed by atoms with Crippen LogP contribution in [0.2, 0.25) is 0 Å². The highest BCUT2D eigenvalue weighted by Crippen LogP contribution is 2.35. The second-order valence-corrected chi connectivity index (χ2v) is 4.41. The number of anilines is 3. The van der Waals surface area contributed by atoms with Crippen molar-refractivity contribution < 1.29 is 4.74 Å². The van der Waals surface area contributed by atoms with Crippen LogP contribution in [0, 0.1) is 0 Å². The van der Waals surface area contributed by atoms with Gasteiger partial charge in [0.25, 0.3) is 0 Å². The Labute approximate surface area is 107 Å². The number of fused-ring (bicyclic) bond motifs is 1. The molecule has 0 bridgehead atoms. The molecule has 18 heavy (non-hydrogen) atoms. The predicted molar refractivity (Wildman–Crippen MR) is 74.4 cm³/mol. The fourth-order valence-electron chi connectivity index (χ4n) is 2.25. The van der Waals surface area contributed by atoms with Gasteiger partial charge in [0.2, 0.25) is 0 Å². The topological polar surface area (TPSA) is 38.5 Å². The fourth-order valence-corrected chi connectivity index (χ4v) is 2.25. The number of nitrogens with two attached hydrogens (primary N) is 1. The zero-order valence-corrected chi connectivity index (χ0v) is 10.2. The largest absolute Gasteiger partial charge is 0.491 e. The van der Waals surface area contributed by atoms with Gasteiger partial charge in [0.15, 0.2) is 0 Å². The quantitative estimate of drug-likeness (QED) is 0.778. The molecule has 0 fully saturated rings. The number of nitrogens with zero attached hydrogens (tertiary/aromatic N) is 1. The maximum atomic E-state index is 5.76. The van der Waals surface area contributed by atoms with Crippen molar-refractivity contribution in [2.75, 3.05) is 23.8 Å². The van der Waals surface area contributed by atoms with Crippen LogP contribution in [0.4, 0.5) is 17.1 Å². The third kappa shape index (κ3) is 1.99. The Kier molecular flexibility index (Phi) is 2.81. The SMILES string of the molecule is Nc1ccc(N2CCCOc3ccccc32)cc1. The summed E-state index contributed by atoms with van der Waals surface area (Å²) in [7, 11) is 0. The van der Waals surface area contributed by atoms with E-state index in [-0.39, 0.29) is 0 Å². The van der Waals surface area contributed by atoms with E-state index < -0.39 is 0 Å². The smallest absolute Gasteiger partial charge is 0.142 e. The minimum atomic E-state index is 0.766. The molecule has 2 aromatic rings. The molecule has 0 atom stereocenters. The normalized spacial score (nSPS) is 14.6. The summed E-state index contributed by atoms with van der Waals surface area (Å²) in [5.41, 5.74) is 8.81. The number of hydrogen-bond acceptors (Lipinski definition) is 3. The molecule has 1 heterocycles. The van der Waals surface area contributed by atoms with Gasteiger partial charge in [-0.2, -0.15) is 0 Å². The third-order valence-corrected chi connectivity index (χ3v) is 3.14. The van der Waals surface area contributed by atoms with Crippen LogP contribution in [-0.4, -0.2) is 13.2 Å². The highest BCUT2D eigenvalue weighted by atomic mass is 16.5. The van der Waals surface area contributed by atoms with E-state index in [9.17, 15) is 0 Å². The first-order valence-corrected chi connectivity index (χ1v) is 6.19. The van der Waals surface area contributed by atoms with Gasteiger partial charge in [0, 0.05) is 17.9 Å². The van der Waals surface area contributed by atoms with Crippen LogP contribution >= 0.6 is 0 Å². The molecule has 0 aromatic heterocycles. The van der Waals surface area contributed by atoms with Gasteiger partial charge in [-0.15, -0.1) is 0 Å².